The zero-order valence-corrected chi connectivity index (χ0v) is 16.0. The Morgan fingerprint density at radius 3 is 2.59 bits per heavy atom. The molecule has 2 aromatic rings. The molecule has 0 bridgehead atoms. The molecule has 1 saturated heterocycles. The van der Waals surface area contributed by atoms with Crippen LogP contribution in [0.4, 0.5) is 5.95 Å². The van der Waals surface area contributed by atoms with Gasteiger partial charge in [-0.3, -0.25) is 4.79 Å². The maximum Gasteiger partial charge on any atom is 0.226 e. The molecule has 140 valence electrons. The fraction of sp³-hybridized carbons (Fsp3) is 0.429. The summed E-state index contributed by atoms with van der Waals surface area (Å²) in [5, 5.41) is 9.07. The highest BCUT2D eigenvalue weighted by atomic mass is 16.2. The normalized spacial score (nSPS) is 14.1. The van der Waals surface area contributed by atoms with Gasteiger partial charge in [-0.25, -0.2) is 9.97 Å². The second-order valence-electron chi connectivity index (χ2n) is 6.95. The molecule has 1 aromatic heterocycles. The number of aromatic nitrogens is 2. The second kappa shape index (κ2) is 8.63. The van der Waals surface area contributed by atoms with Crippen LogP contribution in [-0.4, -0.2) is 47.0 Å². The Morgan fingerprint density at radius 1 is 1.15 bits per heavy atom. The SMILES string of the molecule is Cc1cc(C#N)nc(N2CCN(C(=O)CCCc3ccccc3C)CC2)n1. The molecule has 0 spiro atoms. The number of amides is 1. The highest BCUT2D eigenvalue weighted by Gasteiger charge is 2.22. The van der Waals surface area contributed by atoms with E-state index in [2.05, 4.69) is 41.2 Å². The van der Waals surface area contributed by atoms with E-state index in [1.54, 1.807) is 6.07 Å². The molecule has 1 aliphatic heterocycles. The Hall–Kier alpha value is -2.94. The Balaban J connectivity index is 1.49. The van der Waals surface area contributed by atoms with Gasteiger partial charge in [0.15, 0.2) is 0 Å². The van der Waals surface area contributed by atoms with Crippen molar-refractivity contribution in [1.29, 1.82) is 5.26 Å². The van der Waals surface area contributed by atoms with Gasteiger partial charge in [0.25, 0.3) is 0 Å². The number of carbonyl (C=O) groups excluding carboxylic acids is 1. The minimum Gasteiger partial charge on any atom is -0.339 e. The molecule has 1 aliphatic rings. The fourth-order valence-corrected chi connectivity index (χ4v) is 3.39. The number of piperazine rings is 1. The van der Waals surface area contributed by atoms with Crippen molar-refractivity contribution < 1.29 is 4.79 Å². The summed E-state index contributed by atoms with van der Waals surface area (Å²) < 4.78 is 0. The van der Waals surface area contributed by atoms with Crippen molar-refractivity contribution in [2.24, 2.45) is 0 Å². The molecule has 6 nitrogen and oxygen atoms in total. The first kappa shape index (κ1) is 18.8. The van der Waals surface area contributed by atoms with Gasteiger partial charge in [-0.2, -0.15) is 5.26 Å². The van der Waals surface area contributed by atoms with Crippen LogP contribution in [0.5, 0.6) is 0 Å². The number of hydrogen-bond donors (Lipinski definition) is 0. The lowest BCUT2D eigenvalue weighted by Gasteiger charge is -2.35. The summed E-state index contributed by atoms with van der Waals surface area (Å²) in [4.78, 5) is 25.2. The van der Waals surface area contributed by atoms with E-state index in [1.807, 2.05) is 22.8 Å². The summed E-state index contributed by atoms with van der Waals surface area (Å²) >= 11 is 0. The highest BCUT2D eigenvalue weighted by Crippen LogP contribution is 2.15. The lowest BCUT2D eigenvalue weighted by Crippen LogP contribution is -2.49. The molecule has 0 saturated carbocycles. The van der Waals surface area contributed by atoms with Gasteiger partial charge in [0, 0.05) is 38.3 Å². The zero-order chi connectivity index (χ0) is 19.2. The zero-order valence-electron chi connectivity index (χ0n) is 16.0. The van der Waals surface area contributed by atoms with E-state index in [0.717, 1.165) is 18.5 Å². The lowest BCUT2D eigenvalue weighted by molar-refractivity contribution is -0.131. The lowest BCUT2D eigenvalue weighted by atomic mass is 10.0. The van der Waals surface area contributed by atoms with Crippen LogP contribution >= 0.6 is 0 Å². The molecule has 1 aromatic carbocycles. The van der Waals surface area contributed by atoms with E-state index in [0.29, 0.717) is 44.2 Å². The first-order valence-corrected chi connectivity index (χ1v) is 9.40. The minimum absolute atomic E-state index is 0.214. The average molecular weight is 363 g/mol. The van der Waals surface area contributed by atoms with E-state index in [-0.39, 0.29) is 5.91 Å². The van der Waals surface area contributed by atoms with Crippen molar-refractivity contribution in [2.45, 2.75) is 33.1 Å². The Bertz CT molecular complexity index is 850. The number of aryl methyl sites for hydroxylation is 3. The first-order chi connectivity index (χ1) is 13.1. The quantitative estimate of drug-likeness (QED) is 0.816. The predicted octanol–water partition coefficient (Wildman–Crippen LogP) is 2.64. The van der Waals surface area contributed by atoms with E-state index < -0.39 is 0 Å². The number of nitrogens with zero attached hydrogens (tertiary/aromatic N) is 5. The van der Waals surface area contributed by atoms with Crippen LogP contribution in [0.2, 0.25) is 0 Å². The third-order valence-electron chi connectivity index (χ3n) is 4.97. The topological polar surface area (TPSA) is 73.1 Å². The molecular formula is C21H25N5O. The van der Waals surface area contributed by atoms with Crippen molar-refractivity contribution in [1.82, 2.24) is 14.9 Å². The van der Waals surface area contributed by atoms with Crippen molar-refractivity contribution in [3.8, 4) is 6.07 Å². The van der Waals surface area contributed by atoms with Gasteiger partial charge >= 0.3 is 0 Å². The Labute approximate surface area is 160 Å². The number of hydrogen-bond acceptors (Lipinski definition) is 5. The molecule has 0 radical (unpaired) electrons. The van der Waals surface area contributed by atoms with Crippen LogP contribution in [0.25, 0.3) is 0 Å². The molecular weight excluding hydrogens is 338 g/mol. The van der Waals surface area contributed by atoms with Crippen LogP contribution in [0, 0.1) is 25.2 Å². The molecule has 0 unspecified atom stereocenters. The molecule has 6 heteroatoms. The van der Waals surface area contributed by atoms with Crippen LogP contribution in [0.3, 0.4) is 0 Å². The molecule has 27 heavy (non-hydrogen) atoms. The summed E-state index contributed by atoms with van der Waals surface area (Å²) in [6, 6.07) is 12.1. The summed E-state index contributed by atoms with van der Waals surface area (Å²) in [7, 11) is 0. The van der Waals surface area contributed by atoms with Crippen molar-refractivity contribution in [3.05, 3.63) is 52.8 Å². The van der Waals surface area contributed by atoms with Crippen molar-refractivity contribution in [2.75, 3.05) is 31.1 Å². The third-order valence-corrected chi connectivity index (χ3v) is 4.97. The molecule has 3 rings (SSSR count). The van der Waals surface area contributed by atoms with Gasteiger partial charge in [0.1, 0.15) is 11.8 Å². The molecule has 2 heterocycles. The van der Waals surface area contributed by atoms with E-state index >= 15 is 0 Å². The summed E-state index contributed by atoms with van der Waals surface area (Å²) in [5.74, 6) is 0.796. The molecule has 1 amide bonds. The maximum atomic E-state index is 12.5. The van der Waals surface area contributed by atoms with Crippen LogP contribution in [0.1, 0.15) is 35.4 Å². The van der Waals surface area contributed by atoms with E-state index in [1.165, 1.54) is 11.1 Å². The van der Waals surface area contributed by atoms with Crippen LogP contribution < -0.4 is 4.90 Å². The fourth-order valence-electron chi connectivity index (χ4n) is 3.39. The number of nitriles is 1. The third kappa shape index (κ3) is 4.82. The Kier molecular flexibility index (Phi) is 6.02. The average Bonchev–Trinajstić information content (AvgIpc) is 2.69. The maximum absolute atomic E-state index is 12.5. The van der Waals surface area contributed by atoms with Crippen molar-refractivity contribution in [3.63, 3.8) is 0 Å². The molecule has 0 atom stereocenters. The largest absolute Gasteiger partial charge is 0.339 e. The highest BCUT2D eigenvalue weighted by molar-refractivity contribution is 5.76. The summed E-state index contributed by atoms with van der Waals surface area (Å²) in [6.07, 6.45) is 2.39. The smallest absolute Gasteiger partial charge is 0.226 e. The van der Waals surface area contributed by atoms with E-state index in [9.17, 15) is 4.79 Å². The van der Waals surface area contributed by atoms with Gasteiger partial charge in [0.05, 0.1) is 0 Å². The van der Waals surface area contributed by atoms with Gasteiger partial charge in [-0.1, -0.05) is 24.3 Å². The van der Waals surface area contributed by atoms with Gasteiger partial charge in [-0.05, 0) is 43.9 Å². The standard InChI is InChI=1S/C21H25N5O/c1-16-6-3-4-7-18(16)8-5-9-20(27)25-10-12-26(13-11-25)21-23-17(2)14-19(15-22)24-21/h3-4,6-7,14H,5,8-13H2,1-2H3. The number of benzene rings is 1. The number of carbonyl (C=O) groups is 1. The molecule has 0 N–H and O–H groups in total. The molecule has 1 fully saturated rings. The monoisotopic (exact) mass is 363 g/mol. The summed E-state index contributed by atoms with van der Waals surface area (Å²) in [5.41, 5.74) is 3.77. The van der Waals surface area contributed by atoms with Crippen molar-refractivity contribution >= 4 is 11.9 Å². The van der Waals surface area contributed by atoms with Gasteiger partial charge in [-0.15, -0.1) is 0 Å². The van der Waals surface area contributed by atoms with Crippen LogP contribution in [-0.2, 0) is 11.2 Å². The summed E-state index contributed by atoms with van der Waals surface area (Å²) in [6.45, 7) is 6.70. The van der Waals surface area contributed by atoms with E-state index in [4.69, 9.17) is 5.26 Å². The second-order valence-corrected chi connectivity index (χ2v) is 6.95. The van der Waals surface area contributed by atoms with Gasteiger partial charge < -0.3 is 9.80 Å². The number of anilines is 1. The Morgan fingerprint density at radius 2 is 1.89 bits per heavy atom. The first-order valence-electron chi connectivity index (χ1n) is 9.40. The van der Waals surface area contributed by atoms with Gasteiger partial charge in [0.2, 0.25) is 11.9 Å². The minimum atomic E-state index is 0.214. The molecule has 0 aliphatic carbocycles. The predicted molar refractivity (Wildman–Crippen MR) is 104 cm³/mol. The number of rotatable bonds is 5. The van der Waals surface area contributed by atoms with Crippen LogP contribution in [0.15, 0.2) is 30.3 Å².